The molecule has 3 heterocycles. The summed E-state index contributed by atoms with van der Waals surface area (Å²) in [5.41, 5.74) is 1.02. The average molecular weight is 275 g/mol. The summed E-state index contributed by atoms with van der Waals surface area (Å²) in [7, 11) is 0. The first-order chi connectivity index (χ1) is 9.24. The minimum Gasteiger partial charge on any atom is -0.305 e. The Morgan fingerprint density at radius 3 is 2.95 bits per heavy atom. The van der Waals surface area contributed by atoms with E-state index in [-0.39, 0.29) is 11.1 Å². The molecule has 0 radical (unpaired) electrons. The van der Waals surface area contributed by atoms with Gasteiger partial charge in [0, 0.05) is 12.4 Å². The number of hydrogen-bond acceptors (Lipinski definition) is 5. The molecule has 0 bridgehead atoms. The van der Waals surface area contributed by atoms with Gasteiger partial charge in [0.05, 0.1) is 23.5 Å². The van der Waals surface area contributed by atoms with Crippen LogP contribution in [-0.2, 0) is 0 Å². The first-order valence-corrected chi connectivity index (χ1v) is 5.70. The number of anilines is 1. The topological polar surface area (TPSA) is 85.1 Å². The molecule has 0 spiro atoms. The van der Waals surface area contributed by atoms with Gasteiger partial charge in [-0.15, -0.1) is 10.2 Å². The lowest BCUT2D eigenvalue weighted by molar-refractivity contribution is 0.102. The zero-order chi connectivity index (χ0) is 13.2. The molecule has 8 heteroatoms. The van der Waals surface area contributed by atoms with Crippen LogP contribution in [0.4, 0.5) is 5.82 Å². The number of amides is 1. The lowest BCUT2D eigenvalue weighted by Crippen LogP contribution is -2.13. The smallest absolute Gasteiger partial charge is 0.260 e. The van der Waals surface area contributed by atoms with Gasteiger partial charge in [-0.25, -0.2) is 4.52 Å². The molecule has 19 heavy (non-hydrogen) atoms. The molecule has 3 aromatic heterocycles. The maximum atomic E-state index is 12.1. The van der Waals surface area contributed by atoms with Crippen molar-refractivity contribution < 1.29 is 4.79 Å². The standard InChI is InChI=1S/C11H7ClN6O/c12-9-1-2-10(17-16-9)15-11(19)7-5-14-18-4-3-13-6-8(7)18/h1-6H,(H,15,17,19). The van der Waals surface area contributed by atoms with Crippen LogP contribution in [0.25, 0.3) is 5.52 Å². The van der Waals surface area contributed by atoms with Crippen molar-refractivity contribution in [1.82, 2.24) is 24.8 Å². The van der Waals surface area contributed by atoms with Crippen LogP contribution in [0.5, 0.6) is 0 Å². The third-order valence-electron chi connectivity index (χ3n) is 2.44. The molecule has 7 nitrogen and oxygen atoms in total. The fourth-order valence-corrected chi connectivity index (χ4v) is 1.68. The van der Waals surface area contributed by atoms with Crippen molar-refractivity contribution in [1.29, 1.82) is 0 Å². The fourth-order valence-electron chi connectivity index (χ4n) is 1.58. The highest BCUT2D eigenvalue weighted by atomic mass is 35.5. The molecule has 0 fully saturated rings. The van der Waals surface area contributed by atoms with Gasteiger partial charge in [0.2, 0.25) is 0 Å². The number of carbonyl (C=O) groups excluding carboxylic acids is 1. The van der Waals surface area contributed by atoms with Gasteiger partial charge < -0.3 is 5.32 Å². The summed E-state index contributed by atoms with van der Waals surface area (Å²) < 4.78 is 1.56. The predicted molar refractivity (Wildman–Crippen MR) is 68.0 cm³/mol. The summed E-state index contributed by atoms with van der Waals surface area (Å²) >= 11 is 5.62. The summed E-state index contributed by atoms with van der Waals surface area (Å²) in [5, 5.41) is 14.3. The van der Waals surface area contributed by atoms with Gasteiger partial charge in [-0.3, -0.25) is 9.78 Å². The van der Waals surface area contributed by atoms with Crippen LogP contribution < -0.4 is 5.32 Å². The SMILES string of the molecule is O=C(Nc1ccc(Cl)nn1)c1cnn2ccncc12. The lowest BCUT2D eigenvalue weighted by atomic mass is 10.3. The Hall–Kier alpha value is -2.54. The van der Waals surface area contributed by atoms with Crippen molar-refractivity contribution in [2.24, 2.45) is 0 Å². The molecule has 0 aliphatic heterocycles. The molecule has 0 saturated carbocycles. The summed E-state index contributed by atoms with van der Waals surface area (Å²) in [4.78, 5) is 16.0. The normalized spacial score (nSPS) is 10.6. The van der Waals surface area contributed by atoms with Crippen molar-refractivity contribution in [3.05, 3.63) is 47.6 Å². The van der Waals surface area contributed by atoms with Crippen LogP contribution >= 0.6 is 11.6 Å². The maximum Gasteiger partial charge on any atom is 0.260 e. The first kappa shape index (κ1) is 11.5. The van der Waals surface area contributed by atoms with Crippen molar-refractivity contribution in [2.75, 3.05) is 5.32 Å². The molecule has 3 rings (SSSR count). The van der Waals surface area contributed by atoms with Crippen LogP contribution in [0, 0.1) is 0 Å². The molecule has 0 unspecified atom stereocenters. The Kier molecular flexibility index (Phi) is 2.81. The van der Waals surface area contributed by atoms with Crippen LogP contribution in [0.2, 0.25) is 5.15 Å². The van der Waals surface area contributed by atoms with Gasteiger partial charge in [0.1, 0.15) is 0 Å². The maximum absolute atomic E-state index is 12.1. The molecular formula is C11H7ClN6O. The zero-order valence-electron chi connectivity index (χ0n) is 9.49. The fraction of sp³-hybridized carbons (Fsp3) is 0. The van der Waals surface area contributed by atoms with Crippen LogP contribution in [0.3, 0.4) is 0 Å². The van der Waals surface area contributed by atoms with Gasteiger partial charge in [-0.05, 0) is 12.1 Å². The van der Waals surface area contributed by atoms with Gasteiger partial charge in [-0.2, -0.15) is 5.10 Å². The number of rotatable bonds is 2. The Labute approximate surface area is 112 Å². The third-order valence-corrected chi connectivity index (χ3v) is 2.64. The number of carbonyl (C=O) groups is 1. The molecule has 0 atom stereocenters. The van der Waals surface area contributed by atoms with Crippen LogP contribution in [0.1, 0.15) is 10.4 Å². The monoisotopic (exact) mass is 274 g/mol. The summed E-state index contributed by atoms with van der Waals surface area (Å²) in [6, 6.07) is 3.11. The minimum absolute atomic E-state index is 0.262. The third kappa shape index (κ3) is 2.23. The van der Waals surface area contributed by atoms with E-state index in [2.05, 4.69) is 25.6 Å². The van der Waals surface area contributed by atoms with Crippen molar-refractivity contribution >= 4 is 28.8 Å². The zero-order valence-corrected chi connectivity index (χ0v) is 10.2. The number of nitrogens with zero attached hydrogens (tertiary/aromatic N) is 5. The quantitative estimate of drug-likeness (QED) is 0.764. The molecule has 0 aliphatic carbocycles. The van der Waals surface area contributed by atoms with E-state index in [1.807, 2.05) is 0 Å². The molecule has 1 N–H and O–H groups in total. The Balaban J connectivity index is 1.90. The largest absolute Gasteiger partial charge is 0.305 e. The number of nitrogens with one attached hydrogen (secondary N) is 1. The summed E-state index contributed by atoms with van der Waals surface area (Å²) in [5.74, 6) is -0.0164. The average Bonchev–Trinajstić information content (AvgIpc) is 2.85. The van der Waals surface area contributed by atoms with Gasteiger partial charge >= 0.3 is 0 Å². The first-order valence-electron chi connectivity index (χ1n) is 5.32. The van der Waals surface area contributed by atoms with E-state index in [4.69, 9.17) is 11.6 Å². The van der Waals surface area contributed by atoms with Crippen LogP contribution in [0.15, 0.2) is 36.9 Å². The van der Waals surface area contributed by atoms with Crippen molar-refractivity contribution in [3.63, 3.8) is 0 Å². The second-order valence-electron chi connectivity index (χ2n) is 3.66. The second kappa shape index (κ2) is 4.62. The van der Waals surface area contributed by atoms with Gasteiger partial charge in [0.15, 0.2) is 11.0 Å². The Morgan fingerprint density at radius 1 is 1.26 bits per heavy atom. The van der Waals surface area contributed by atoms with E-state index in [1.54, 1.807) is 35.2 Å². The van der Waals surface area contributed by atoms with E-state index in [1.165, 1.54) is 6.20 Å². The molecule has 3 aromatic rings. The predicted octanol–water partition coefficient (Wildman–Crippen LogP) is 1.42. The number of aromatic nitrogens is 5. The number of hydrogen-bond donors (Lipinski definition) is 1. The highest BCUT2D eigenvalue weighted by Gasteiger charge is 2.13. The van der Waals surface area contributed by atoms with E-state index in [0.717, 1.165) is 0 Å². The molecule has 0 aliphatic rings. The summed E-state index contributed by atoms with van der Waals surface area (Å²) in [6.45, 7) is 0. The molecular weight excluding hydrogens is 268 g/mol. The second-order valence-corrected chi connectivity index (χ2v) is 4.05. The number of halogens is 1. The highest BCUT2D eigenvalue weighted by Crippen LogP contribution is 2.12. The Bertz CT molecular complexity index is 738. The van der Waals surface area contributed by atoms with E-state index in [9.17, 15) is 4.79 Å². The highest BCUT2D eigenvalue weighted by molar-refractivity contribution is 6.29. The molecule has 94 valence electrons. The van der Waals surface area contributed by atoms with E-state index >= 15 is 0 Å². The lowest BCUT2D eigenvalue weighted by Gasteiger charge is -2.01. The van der Waals surface area contributed by atoms with E-state index in [0.29, 0.717) is 16.9 Å². The van der Waals surface area contributed by atoms with Crippen LogP contribution in [-0.4, -0.2) is 30.7 Å². The van der Waals surface area contributed by atoms with Gasteiger partial charge in [0.25, 0.3) is 5.91 Å². The summed E-state index contributed by atoms with van der Waals surface area (Å²) in [6.07, 6.45) is 6.28. The molecule has 0 aromatic carbocycles. The molecule has 1 amide bonds. The number of fused-ring (bicyclic) bond motifs is 1. The molecule has 0 saturated heterocycles. The van der Waals surface area contributed by atoms with Gasteiger partial charge in [-0.1, -0.05) is 11.6 Å². The Morgan fingerprint density at radius 2 is 2.16 bits per heavy atom. The minimum atomic E-state index is -0.334. The van der Waals surface area contributed by atoms with Crippen molar-refractivity contribution in [2.45, 2.75) is 0 Å². The van der Waals surface area contributed by atoms with E-state index < -0.39 is 0 Å². The van der Waals surface area contributed by atoms with Crippen molar-refractivity contribution in [3.8, 4) is 0 Å².